The highest BCUT2D eigenvalue weighted by molar-refractivity contribution is 5.82. The Balaban J connectivity index is 2.30. The van der Waals surface area contributed by atoms with Crippen LogP contribution in [0.3, 0.4) is 0 Å². The summed E-state index contributed by atoms with van der Waals surface area (Å²) in [4.78, 5) is 22.3. The van der Waals surface area contributed by atoms with E-state index in [1.54, 1.807) is 0 Å². The van der Waals surface area contributed by atoms with Crippen LogP contribution in [0.25, 0.3) is 0 Å². The second kappa shape index (κ2) is 6.56. The predicted molar refractivity (Wildman–Crippen MR) is 61.4 cm³/mol. The van der Waals surface area contributed by atoms with E-state index in [1.165, 1.54) is 7.11 Å². The summed E-state index contributed by atoms with van der Waals surface area (Å²) in [5.74, 6) is -1.24. The average molecular weight is 244 g/mol. The quantitative estimate of drug-likeness (QED) is 0.617. The average Bonchev–Trinajstić information content (AvgIpc) is 2.30. The number of methoxy groups -OCH3 is 1. The maximum atomic E-state index is 11.6. The van der Waals surface area contributed by atoms with Crippen LogP contribution in [0.5, 0.6) is 0 Å². The molecule has 1 saturated carbocycles. The number of nitrogens with one attached hydrogen (secondary N) is 1. The van der Waals surface area contributed by atoms with Crippen LogP contribution < -0.4 is 11.1 Å². The highest BCUT2D eigenvalue weighted by Gasteiger charge is 2.27. The van der Waals surface area contributed by atoms with Gasteiger partial charge in [-0.25, -0.2) is 0 Å². The highest BCUT2D eigenvalue weighted by Crippen LogP contribution is 2.24. The van der Waals surface area contributed by atoms with Gasteiger partial charge in [0.1, 0.15) is 6.04 Å². The van der Waals surface area contributed by atoms with Crippen LogP contribution in [-0.4, -0.2) is 42.8 Å². The van der Waals surface area contributed by atoms with Gasteiger partial charge in [0.2, 0.25) is 5.91 Å². The normalized spacial score (nSPS) is 26.2. The van der Waals surface area contributed by atoms with E-state index in [0.717, 1.165) is 0 Å². The number of carbonyl (C=O) groups excluding carboxylic acids is 1. The van der Waals surface area contributed by atoms with Crippen molar-refractivity contribution in [1.29, 1.82) is 0 Å². The molecule has 1 rings (SSSR count). The minimum atomic E-state index is -0.745. The van der Waals surface area contributed by atoms with E-state index in [2.05, 4.69) is 5.32 Å². The maximum Gasteiger partial charge on any atom is 0.306 e. The summed E-state index contributed by atoms with van der Waals surface area (Å²) < 4.78 is 4.80. The topological polar surface area (TPSA) is 102 Å². The number of carboxylic acids is 1. The zero-order valence-corrected chi connectivity index (χ0v) is 10.0. The van der Waals surface area contributed by atoms with Gasteiger partial charge in [-0.2, -0.15) is 0 Å². The SMILES string of the molecule is COCC(N)C(=O)NC1CCC(C(=O)O)CC1. The molecular formula is C11H20N2O4. The molecule has 1 aliphatic rings. The fraction of sp³-hybridized carbons (Fsp3) is 0.818. The monoisotopic (exact) mass is 244 g/mol. The molecule has 17 heavy (non-hydrogen) atoms. The molecule has 0 aromatic carbocycles. The second-order valence-corrected chi connectivity index (χ2v) is 4.46. The van der Waals surface area contributed by atoms with Gasteiger partial charge in [0.05, 0.1) is 12.5 Å². The Morgan fingerprint density at radius 2 is 2.00 bits per heavy atom. The summed E-state index contributed by atoms with van der Waals surface area (Å²) >= 11 is 0. The van der Waals surface area contributed by atoms with Gasteiger partial charge in [0.25, 0.3) is 0 Å². The Morgan fingerprint density at radius 3 is 2.47 bits per heavy atom. The van der Waals surface area contributed by atoms with Crippen molar-refractivity contribution in [3.05, 3.63) is 0 Å². The number of nitrogens with two attached hydrogens (primary N) is 1. The van der Waals surface area contributed by atoms with Gasteiger partial charge in [-0.05, 0) is 25.7 Å². The maximum absolute atomic E-state index is 11.6. The first-order chi connectivity index (χ1) is 8.04. The molecule has 1 unspecified atom stereocenters. The standard InChI is InChI=1S/C11H20N2O4/c1-17-6-9(12)10(14)13-8-4-2-7(3-5-8)11(15)16/h7-9H,2-6,12H2,1H3,(H,13,14)(H,15,16). The molecule has 1 atom stereocenters. The van der Waals surface area contributed by atoms with Crippen LogP contribution in [0.4, 0.5) is 0 Å². The smallest absolute Gasteiger partial charge is 0.306 e. The van der Waals surface area contributed by atoms with Crippen molar-refractivity contribution in [2.45, 2.75) is 37.8 Å². The van der Waals surface area contributed by atoms with Crippen LogP contribution >= 0.6 is 0 Å². The molecule has 0 aromatic rings. The lowest BCUT2D eigenvalue weighted by Crippen LogP contribution is -2.48. The number of hydrogen-bond donors (Lipinski definition) is 3. The van der Waals surface area contributed by atoms with Gasteiger partial charge in [-0.3, -0.25) is 9.59 Å². The van der Waals surface area contributed by atoms with E-state index in [1.807, 2.05) is 0 Å². The predicted octanol–water partition coefficient (Wildman–Crippen LogP) is -0.280. The third-order valence-corrected chi connectivity index (χ3v) is 3.11. The number of carboxylic acid groups (broad SMARTS) is 1. The molecule has 0 radical (unpaired) electrons. The van der Waals surface area contributed by atoms with E-state index in [4.69, 9.17) is 15.6 Å². The van der Waals surface area contributed by atoms with Crippen molar-refractivity contribution in [3.63, 3.8) is 0 Å². The Morgan fingerprint density at radius 1 is 1.41 bits per heavy atom. The lowest BCUT2D eigenvalue weighted by Gasteiger charge is -2.27. The van der Waals surface area contributed by atoms with Gasteiger partial charge in [0, 0.05) is 13.2 Å². The van der Waals surface area contributed by atoms with E-state index < -0.39 is 12.0 Å². The van der Waals surface area contributed by atoms with Gasteiger partial charge >= 0.3 is 5.97 Å². The lowest BCUT2D eigenvalue weighted by atomic mass is 9.86. The summed E-state index contributed by atoms with van der Waals surface area (Å²) in [6.45, 7) is 0.191. The largest absolute Gasteiger partial charge is 0.481 e. The molecule has 1 fully saturated rings. The number of ether oxygens (including phenoxy) is 1. The highest BCUT2D eigenvalue weighted by atomic mass is 16.5. The fourth-order valence-corrected chi connectivity index (χ4v) is 2.05. The lowest BCUT2D eigenvalue weighted by molar-refractivity contribution is -0.142. The van der Waals surface area contributed by atoms with Crippen molar-refractivity contribution >= 4 is 11.9 Å². The molecule has 0 heterocycles. The Hall–Kier alpha value is -1.14. The number of hydrogen-bond acceptors (Lipinski definition) is 4. The van der Waals surface area contributed by atoms with Crippen LogP contribution in [0.2, 0.25) is 0 Å². The van der Waals surface area contributed by atoms with Crippen LogP contribution in [0, 0.1) is 5.92 Å². The van der Waals surface area contributed by atoms with Crippen molar-refractivity contribution in [3.8, 4) is 0 Å². The molecule has 0 aliphatic heterocycles. The Bertz CT molecular complexity index is 275. The minimum absolute atomic E-state index is 0.0426. The Labute approximate surface area is 101 Å². The molecule has 6 heteroatoms. The van der Waals surface area contributed by atoms with Gasteiger partial charge < -0.3 is 20.9 Å². The van der Waals surface area contributed by atoms with Crippen LogP contribution in [0.1, 0.15) is 25.7 Å². The molecule has 98 valence electrons. The van der Waals surface area contributed by atoms with Gasteiger partial charge in [-0.15, -0.1) is 0 Å². The van der Waals surface area contributed by atoms with Crippen molar-refractivity contribution in [2.24, 2.45) is 11.7 Å². The van der Waals surface area contributed by atoms with E-state index in [0.29, 0.717) is 25.7 Å². The Kier molecular flexibility index (Phi) is 5.37. The number of carbonyl (C=O) groups is 2. The zero-order chi connectivity index (χ0) is 12.8. The van der Waals surface area contributed by atoms with Crippen LogP contribution in [0.15, 0.2) is 0 Å². The van der Waals surface area contributed by atoms with Gasteiger partial charge in [-0.1, -0.05) is 0 Å². The summed E-state index contributed by atoms with van der Waals surface area (Å²) in [6, 6.07) is -0.613. The van der Waals surface area contributed by atoms with Crippen LogP contribution in [-0.2, 0) is 14.3 Å². The first-order valence-corrected chi connectivity index (χ1v) is 5.82. The molecule has 0 saturated heterocycles. The van der Waals surface area contributed by atoms with Crippen molar-refractivity contribution in [1.82, 2.24) is 5.32 Å². The van der Waals surface area contributed by atoms with E-state index >= 15 is 0 Å². The fourth-order valence-electron chi connectivity index (χ4n) is 2.05. The molecule has 4 N–H and O–H groups in total. The first-order valence-electron chi connectivity index (χ1n) is 5.82. The third kappa shape index (κ3) is 4.32. The zero-order valence-electron chi connectivity index (χ0n) is 10.0. The van der Waals surface area contributed by atoms with Crippen molar-refractivity contribution in [2.75, 3.05) is 13.7 Å². The molecule has 6 nitrogen and oxygen atoms in total. The molecule has 0 bridgehead atoms. The number of amides is 1. The van der Waals surface area contributed by atoms with Crippen molar-refractivity contribution < 1.29 is 19.4 Å². The molecule has 1 aliphatic carbocycles. The first kappa shape index (κ1) is 13.9. The summed E-state index contributed by atoms with van der Waals surface area (Å²) in [7, 11) is 1.49. The molecule has 0 aromatic heterocycles. The molecular weight excluding hydrogens is 224 g/mol. The minimum Gasteiger partial charge on any atom is -0.481 e. The summed E-state index contributed by atoms with van der Waals surface area (Å²) in [5.41, 5.74) is 5.59. The van der Waals surface area contributed by atoms with Gasteiger partial charge in [0.15, 0.2) is 0 Å². The third-order valence-electron chi connectivity index (χ3n) is 3.11. The second-order valence-electron chi connectivity index (χ2n) is 4.46. The molecule has 0 spiro atoms. The van der Waals surface area contributed by atoms with E-state index in [9.17, 15) is 9.59 Å². The summed E-state index contributed by atoms with van der Waals surface area (Å²) in [5, 5.41) is 11.7. The number of rotatable bonds is 5. The van der Waals surface area contributed by atoms with E-state index in [-0.39, 0.29) is 24.5 Å². The summed E-state index contributed by atoms with van der Waals surface area (Å²) in [6.07, 6.45) is 2.62. The number of aliphatic carboxylic acids is 1. The molecule has 1 amide bonds.